The molecule has 0 saturated heterocycles. The Morgan fingerprint density at radius 2 is 2.00 bits per heavy atom. The maximum absolute atomic E-state index is 13.2. The van der Waals surface area contributed by atoms with Crippen LogP contribution in [-0.4, -0.2) is 29.0 Å². The van der Waals surface area contributed by atoms with Crippen LogP contribution in [0.5, 0.6) is 0 Å². The van der Waals surface area contributed by atoms with E-state index in [-0.39, 0.29) is 35.8 Å². The first-order chi connectivity index (χ1) is 13.2. The van der Waals surface area contributed by atoms with Crippen molar-refractivity contribution in [2.24, 2.45) is 0 Å². The number of hydrogen-bond donors (Lipinski definition) is 3. The molecule has 0 radical (unpaired) electrons. The Balaban J connectivity index is 2.08. The number of alkyl halides is 3. The number of benzene rings is 1. The molecule has 2 rings (SSSR count). The topological polar surface area (TPSA) is 88.2 Å². The van der Waals surface area contributed by atoms with Crippen LogP contribution in [0.2, 0.25) is 10.0 Å². The summed E-state index contributed by atoms with van der Waals surface area (Å²) in [6.07, 6.45) is -3.61. The maximum atomic E-state index is 13.2. The minimum Gasteiger partial charge on any atom is -0.369 e. The van der Waals surface area contributed by atoms with Crippen molar-refractivity contribution in [1.29, 1.82) is 0 Å². The number of halogens is 5. The van der Waals surface area contributed by atoms with E-state index in [0.29, 0.717) is 23.3 Å². The molecule has 0 fully saturated rings. The van der Waals surface area contributed by atoms with Gasteiger partial charge in [-0.2, -0.15) is 18.2 Å². The van der Waals surface area contributed by atoms with Gasteiger partial charge >= 0.3 is 6.18 Å². The summed E-state index contributed by atoms with van der Waals surface area (Å²) in [5, 5.41) is 5.98. The summed E-state index contributed by atoms with van der Waals surface area (Å²) < 4.78 is 39.5. The number of nitrogens with one attached hydrogen (secondary N) is 3. The number of amides is 1. The maximum Gasteiger partial charge on any atom is 0.421 e. The average Bonchev–Trinajstić information content (AvgIpc) is 2.60. The molecule has 0 spiro atoms. The van der Waals surface area contributed by atoms with Gasteiger partial charge in [-0.05, 0) is 24.6 Å². The molecule has 0 aliphatic carbocycles. The molecular formula is C16H16Cl2F3N5O2. The number of aromatic nitrogens is 2. The SMILES string of the molecule is CC(=O)NOCCCNc1nc(Nc2ccc(Cl)c(Cl)c2)ncc1C(F)(F)F. The number of carbonyl (C=O) groups excluding carboxylic acids is 1. The lowest BCUT2D eigenvalue weighted by molar-refractivity contribution is -0.137. The van der Waals surface area contributed by atoms with Crippen LogP contribution in [0.4, 0.5) is 30.6 Å². The van der Waals surface area contributed by atoms with Gasteiger partial charge in [0.05, 0.1) is 16.7 Å². The van der Waals surface area contributed by atoms with Crippen molar-refractivity contribution in [3.05, 3.63) is 40.0 Å². The molecule has 1 heterocycles. The highest BCUT2D eigenvalue weighted by Gasteiger charge is 2.35. The van der Waals surface area contributed by atoms with Crippen LogP contribution in [0.25, 0.3) is 0 Å². The van der Waals surface area contributed by atoms with Gasteiger partial charge in [-0.15, -0.1) is 0 Å². The fourth-order valence-electron chi connectivity index (χ4n) is 1.99. The molecule has 1 aromatic heterocycles. The van der Waals surface area contributed by atoms with Crippen LogP contribution in [0.1, 0.15) is 18.9 Å². The molecular weight excluding hydrogens is 422 g/mol. The van der Waals surface area contributed by atoms with Crippen molar-refractivity contribution in [2.45, 2.75) is 19.5 Å². The van der Waals surface area contributed by atoms with Gasteiger partial charge in [-0.25, -0.2) is 10.5 Å². The number of hydrogen-bond acceptors (Lipinski definition) is 6. The third kappa shape index (κ3) is 6.70. The van der Waals surface area contributed by atoms with E-state index in [1.54, 1.807) is 6.07 Å². The van der Waals surface area contributed by atoms with Gasteiger partial charge in [-0.1, -0.05) is 23.2 Å². The number of carbonyl (C=O) groups is 1. The molecule has 1 amide bonds. The summed E-state index contributed by atoms with van der Waals surface area (Å²) in [6.45, 7) is 1.52. The first-order valence-electron chi connectivity index (χ1n) is 7.95. The summed E-state index contributed by atoms with van der Waals surface area (Å²) in [7, 11) is 0. The summed E-state index contributed by atoms with van der Waals surface area (Å²) in [5.41, 5.74) is 1.58. The summed E-state index contributed by atoms with van der Waals surface area (Å²) in [5.74, 6) is -0.811. The van der Waals surface area contributed by atoms with Crippen LogP contribution in [0.15, 0.2) is 24.4 Å². The minimum absolute atomic E-state index is 0.0524. The number of hydroxylamine groups is 1. The van der Waals surface area contributed by atoms with Crippen LogP contribution in [-0.2, 0) is 15.8 Å². The molecule has 0 bridgehead atoms. The van der Waals surface area contributed by atoms with E-state index in [4.69, 9.17) is 28.0 Å². The fraction of sp³-hybridized carbons (Fsp3) is 0.312. The third-order valence-corrected chi connectivity index (χ3v) is 3.94. The predicted octanol–water partition coefficient (Wildman–Crippen LogP) is 4.42. The largest absolute Gasteiger partial charge is 0.421 e. The Hall–Kier alpha value is -2.30. The highest BCUT2D eigenvalue weighted by atomic mass is 35.5. The van der Waals surface area contributed by atoms with E-state index in [9.17, 15) is 18.0 Å². The zero-order valence-corrected chi connectivity index (χ0v) is 16.0. The molecule has 0 aliphatic rings. The molecule has 0 saturated carbocycles. The Kier molecular flexibility index (Phi) is 7.67. The van der Waals surface area contributed by atoms with E-state index >= 15 is 0 Å². The molecule has 0 atom stereocenters. The molecule has 3 N–H and O–H groups in total. The van der Waals surface area contributed by atoms with E-state index in [1.807, 2.05) is 0 Å². The van der Waals surface area contributed by atoms with Crippen LogP contribution in [0, 0.1) is 0 Å². The number of anilines is 3. The first-order valence-corrected chi connectivity index (χ1v) is 8.71. The average molecular weight is 438 g/mol. The minimum atomic E-state index is -4.63. The van der Waals surface area contributed by atoms with Gasteiger partial charge in [0.1, 0.15) is 11.4 Å². The molecule has 152 valence electrons. The predicted molar refractivity (Wildman–Crippen MR) is 99.7 cm³/mol. The second kappa shape index (κ2) is 9.76. The van der Waals surface area contributed by atoms with Crippen molar-refractivity contribution < 1.29 is 22.8 Å². The summed E-state index contributed by atoms with van der Waals surface area (Å²) in [4.78, 5) is 23.1. The van der Waals surface area contributed by atoms with Crippen LogP contribution in [0.3, 0.4) is 0 Å². The van der Waals surface area contributed by atoms with Gasteiger partial charge in [0.25, 0.3) is 0 Å². The van der Waals surface area contributed by atoms with Gasteiger partial charge in [0, 0.05) is 25.4 Å². The first kappa shape index (κ1) is 22.0. The lowest BCUT2D eigenvalue weighted by Crippen LogP contribution is -2.22. The van der Waals surface area contributed by atoms with Crippen molar-refractivity contribution in [1.82, 2.24) is 15.4 Å². The number of rotatable bonds is 8. The fourth-order valence-corrected chi connectivity index (χ4v) is 2.29. The van der Waals surface area contributed by atoms with E-state index < -0.39 is 11.7 Å². The van der Waals surface area contributed by atoms with Crippen molar-refractivity contribution >= 4 is 46.6 Å². The second-order valence-corrected chi connectivity index (χ2v) is 6.31. The van der Waals surface area contributed by atoms with Crippen molar-refractivity contribution in [3.8, 4) is 0 Å². The molecule has 0 aliphatic heterocycles. The zero-order chi connectivity index (χ0) is 20.7. The third-order valence-electron chi connectivity index (χ3n) is 3.20. The second-order valence-electron chi connectivity index (χ2n) is 5.49. The van der Waals surface area contributed by atoms with Crippen molar-refractivity contribution in [3.63, 3.8) is 0 Å². The zero-order valence-electron chi connectivity index (χ0n) is 14.5. The smallest absolute Gasteiger partial charge is 0.369 e. The lowest BCUT2D eigenvalue weighted by atomic mass is 10.3. The Bertz CT molecular complexity index is 836. The van der Waals surface area contributed by atoms with Gasteiger partial charge < -0.3 is 10.6 Å². The molecule has 2 aromatic rings. The summed E-state index contributed by atoms with van der Waals surface area (Å²) in [6, 6.07) is 4.61. The molecule has 28 heavy (non-hydrogen) atoms. The highest BCUT2D eigenvalue weighted by Crippen LogP contribution is 2.34. The van der Waals surface area contributed by atoms with Gasteiger partial charge in [-0.3, -0.25) is 9.63 Å². The van der Waals surface area contributed by atoms with Crippen molar-refractivity contribution in [2.75, 3.05) is 23.8 Å². The van der Waals surface area contributed by atoms with Gasteiger partial charge in [0.15, 0.2) is 0 Å². The Morgan fingerprint density at radius 3 is 2.64 bits per heavy atom. The van der Waals surface area contributed by atoms with Crippen LogP contribution < -0.4 is 16.1 Å². The normalized spacial score (nSPS) is 11.2. The molecule has 1 aromatic carbocycles. The lowest BCUT2D eigenvalue weighted by Gasteiger charge is -2.15. The molecule has 12 heteroatoms. The number of nitrogens with zero attached hydrogens (tertiary/aromatic N) is 2. The monoisotopic (exact) mass is 437 g/mol. The summed E-state index contributed by atoms with van der Waals surface area (Å²) >= 11 is 11.7. The Morgan fingerprint density at radius 1 is 1.25 bits per heavy atom. The van der Waals surface area contributed by atoms with E-state index in [2.05, 4.69) is 26.1 Å². The van der Waals surface area contributed by atoms with E-state index in [1.165, 1.54) is 19.1 Å². The molecule has 7 nitrogen and oxygen atoms in total. The van der Waals surface area contributed by atoms with Crippen LogP contribution >= 0.6 is 23.2 Å². The standard InChI is InChI=1S/C16H16Cl2F3N5O2/c1-9(27)26-28-6-2-5-22-14-11(16(19,20)21)8-23-15(25-14)24-10-3-4-12(17)13(18)7-10/h3-4,7-8H,2,5-6H2,1H3,(H,26,27)(H2,22,23,24,25). The quantitative estimate of drug-likeness (QED) is 0.418. The molecule has 0 unspecified atom stereocenters. The van der Waals surface area contributed by atoms with E-state index in [0.717, 1.165) is 0 Å². The highest BCUT2D eigenvalue weighted by molar-refractivity contribution is 6.42. The Labute approximate surface area is 168 Å². The van der Waals surface area contributed by atoms with Gasteiger partial charge in [0.2, 0.25) is 11.9 Å².